The summed E-state index contributed by atoms with van der Waals surface area (Å²) in [7, 11) is 1.51. The molecule has 0 aliphatic heterocycles. The fourth-order valence-electron chi connectivity index (χ4n) is 2.19. The molecular weight excluding hydrogens is 331 g/mol. The van der Waals surface area contributed by atoms with Crippen molar-refractivity contribution in [2.75, 3.05) is 5.32 Å². The summed E-state index contributed by atoms with van der Waals surface area (Å²) in [5.74, 6) is -2.29. The molecule has 1 aromatic carbocycles. The summed E-state index contributed by atoms with van der Waals surface area (Å²) in [5.41, 5.74) is 0.361. The number of aromatic nitrogens is 5. The summed E-state index contributed by atoms with van der Waals surface area (Å²) in [6.07, 6.45) is 2.70. The molecule has 0 radical (unpaired) electrons. The van der Waals surface area contributed by atoms with Crippen LogP contribution < -0.4 is 5.32 Å². The van der Waals surface area contributed by atoms with E-state index in [1.54, 1.807) is 12.1 Å². The largest absolute Gasteiger partial charge is 0.476 e. The normalized spacial score (nSPS) is 10.6. The fourth-order valence-corrected chi connectivity index (χ4v) is 2.19. The standard InChI is InChI=1S/C15H13FN6O3/c1-21-7-11(12(19-21)14(24)25)13(23)18-15-17-8-22(20-15)6-9-2-4-10(16)5-3-9/h2-5,7-8H,6H2,1H3,(H,24,25)(H,18,20,23). The van der Waals surface area contributed by atoms with Crippen molar-refractivity contribution < 1.29 is 19.1 Å². The number of halogens is 1. The number of hydrogen-bond donors (Lipinski definition) is 2. The Labute approximate surface area is 140 Å². The van der Waals surface area contributed by atoms with Crippen LogP contribution in [0.4, 0.5) is 10.3 Å². The molecule has 3 rings (SSSR count). The van der Waals surface area contributed by atoms with Gasteiger partial charge in [0.05, 0.1) is 12.1 Å². The predicted molar refractivity (Wildman–Crippen MR) is 83.6 cm³/mol. The molecule has 2 N–H and O–H groups in total. The van der Waals surface area contributed by atoms with E-state index in [-0.39, 0.29) is 23.0 Å². The van der Waals surface area contributed by atoms with Crippen LogP contribution in [0, 0.1) is 5.82 Å². The van der Waals surface area contributed by atoms with Crippen molar-refractivity contribution in [2.45, 2.75) is 6.54 Å². The molecule has 9 nitrogen and oxygen atoms in total. The molecule has 1 amide bonds. The highest BCUT2D eigenvalue weighted by Crippen LogP contribution is 2.10. The van der Waals surface area contributed by atoms with Crippen LogP contribution in [0.15, 0.2) is 36.8 Å². The molecule has 10 heteroatoms. The lowest BCUT2D eigenvalue weighted by atomic mass is 10.2. The molecule has 0 aliphatic rings. The van der Waals surface area contributed by atoms with E-state index in [9.17, 15) is 14.0 Å². The maximum atomic E-state index is 12.9. The summed E-state index contributed by atoms with van der Waals surface area (Å²) in [6.45, 7) is 0.344. The van der Waals surface area contributed by atoms with Gasteiger partial charge >= 0.3 is 5.97 Å². The molecule has 128 valence electrons. The minimum absolute atomic E-state index is 0.0207. The maximum absolute atomic E-state index is 12.9. The maximum Gasteiger partial charge on any atom is 0.357 e. The second-order valence-electron chi connectivity index (χ2n) is 5.22. The lowest BCUT2D eigenvalue weighted by molar-refractivity contribution is 0.0685. The van der Waals surface area contributed by atoms with Crippen LogP contribution in [0.5, 0.6) is 0 Å². The second-order valence-corrected chi connectivity index (χ2v) is 5.22. The van der Waals surface area contributed by atoms with E-state index in [1.165, 1.54) is 41.1 Å². The number of aromatic carboxylic acids is 1. The van der Waals surface area contributed by atoms with E-state index in [1.807, 2.05) is 0 Å². The molecule has 0 saturated carbocycles. The van der Waals surface area contributed by atoms with Crippen molar-refractivity contribution in [3.05, 3.63) is 59.4 Å². The zero-order valence-electron chi connectivity index (χ0n) is 13.0. The molecule has 2 heterocycles. The number of aryl methyl sites for hydroxylation is 1. The van der Waals surface area contributed by atoms with E-state index in [0.717, 1.165) is 5.56 Å². The summed E-state index contributed by atoms with van der Waals surface area (Å²) in [4.78, 5) is 27.3. The third-order valence-corrected chi connectivity index (χ3v) is 3.30. The quantitative estimate of drug-likeness (QED) is 0.717. The number of hydrogen-bond acceptors (Lipinski definition) is 5. The average Bonchev–Trinajstić information content (AvgIpc) is 3.16. The van der Waals surface area contributed by atoms with Gasteiger partial charge in [0.25, 0.3) is 5.91 Å². The van der Waals surface area contributed by atoms with E-state index in [2.05, 4.69) is 20.5 Å². The van der Waals surface area contributed by atoms with Crippen LogP contribution in [0.25, 0.3) is 0 Å². The zero-order valence-corrected chi connectivity index (χ0v) is 13.0. The lowest BCUT2D eigenvalue weighted by Gasteiger charge is -2.01. The summed E-state index contributed by atoms with van der Waals surface area (Å²) >= 11 is 0. The van der Waals surface area contributed by atoms with Gasteiger partial charge in [-0.05, 0) is 17.7 Å². The summed E-state index contributed by atoms with van der Waals surface area (Å²) in [5, 5.41) is 19.3. The van der Waals surface area contributed by atoms with E-state index in [4.69, 9.17) is 5.11 Å². The SMILES string of the molecule is Cn1cc(C(=O)Nc2ncn(Cc3ccc(F)cc3)n2)c(C(=O)O)n1. The highest BCUT2D eigenvalue weighted by molar-refractivity contribution is 6.09. The van der Waals surface area contributed by atoms with Crippen LogP contribution in [0.1, 0.15) is 26.4 Å². The van der Waals surface area contributed by atoms with Crippen molar-refractivity contribution in [3.8, 4) is 0 Å². The van der Waals surface area contributed by atoms with Gasteiger partial charge in [0.2, 0.25) is 5.95 Å². The lowest BCUT2D eigenvalue weighted by Crippen LogP contribution is -2.16. The minimum Gasteiger partial charge on any atom is -0.476 e. The monoisotopic (exact) mass is 344 g/mol. The number of carbonyl (C=O) groups is 2. The third kappa shape index (κ3) is 3.68. The van der Waals surface area contributed by atoms with E-state index < -0.39 is 11.9 Å². The number of amides is 1. The van der Waals surface area contributed by atoms with Crippen LogP contribution in [0.2, 0.25) is 0 Å². The number of anilines is 1. The first-order valence-corrected chi connectivity index (χ1v) is 7.14. The van der Waals surface area contributed by atoms with Crippen LogP contribution in [0.3, 0.4) is 0 Å². The molecule has 0 aliphatic carbocycles. The topological polar surface area (TPSA) is 115 Å². The Bertz CT molecular complexity index is 931. The van der Waals surface area contributed by atoms with Crippen LogP contribution in [-0.4, -0.2) is 41.5 Å². The molecule has 0 bridgehead atoms. The van der Waals surface area contributed by atoms with Gasteiger partial charge in [-0.15, -0.1) is 5.10 Å². The first kappa shape index (κ1) is 16.3. The Kier molecular flexibility index (Phi) is 4.25. The second kappa shape index (κ2) is 6.51. The molecule has 0 unspecified atom stereocenters. The minimum atomic E-state index is -1.31. The van der Waals surface area contributed by atoms with E-state index in [0.29, 0.717) is 6.54 Å². The first-order chi connectivity index (χ1) is 11.9. The Morgan fingerprint density at radius 3 is 2.64 bits per heavy atom. The number of rotatable bonds is 5. The first-order valence-electron chi connectivity index (χ1n) is 7.14. The van der Waals surface area contributed by atoms with Gasteiger partial charge in [-0.3, -0.25) is 14.8 Å². The van der Waals surface area contributed by atoms with Crippen LogP contribution >= 0.6 is 0 Å². The summed E-state index contributed by atoms with van der Waals surface area (Å²) < 4.78 is 15.6. The highest BCUT2D eigenvalue weighted by atomic mass is 19.1. The molecular formula is C15H13FN6O3. The zero-order chi connectivity index (χ0) is 18.0. The van der Waals surface area contributed by atoms with Crippen molar-refractivity contribution in [3.63, 3.8) is 0 Å². The smallest absolute Gasteiger partial charge is 0.357 e. The number of nitrogens with one attached hydrogen (secondary N) is 1. The molecule has 3 aromatic rings. The van der Waals surface area contributed by atoms with Gasteiger partial charge in [0.15, 0.2) is 5.69 Å². The summed E-state index contributed by atoms with van der Waals surface area (Å²) in [6, 6.07) is 5.91. The molecule has 0 spiro atoms. The molecule has 0 saturated heterocycles. The number of benzene rings is 1. The number of nitrogens with zero attached hydrogens (tertiary/aromatic N) is 5. The highest BCUT2D eigenvalue weighted by Gasteiger charge is 2.21. The van der Waals surface area contributed by atoms with Gasteiger partial charge in [-0.25, -0.2) is 18.9 Å². The number of carbonyl (C=O) groups excluding carboxylic acids is 1. The molecule has 2 aromatic heterocycles. The van der Waals surface area contributed by atoms with Crippen molar-refractivity contribution in [1.82, 2.24) is 24.5 Å². The molecule has 0 fully saturated rings. The number of carboxylic acids is 1. The Balaban J connectivity index is 1.72. The van der Waals surface area contributed by atoms with Crippen LogP contribution in [-0.2, 0) is 13.6 Å². The Morgan fingerprint density at radius 1 is 1.24 bits per heavy atom. The molecule has 25 heavy (non-hydrogen) atoms. The average molecular weight is 344 g/mol. The van der Waals surface area contributed by atoms with Gasteiger partial charge in [-0.1, -0.05) is 12.1 Å². The molecule has 0 atom stereocenters. The Hall–Kier alpha value is -3.56. The van der Waals surface area contributed by atoms with E-state index >= 15 is 0 Å². The van der Waals surface area contributed by atoms with Gasteiger partial charge in [0.1, 0.15) is 12.1 Å². The van der Waals surface area contributed by atoms with Gasteiger partial charge < -0.3 is 5.11 Å². The van der Waals surface area contributed by atoms with Crippen molar-refractivity contribution in [2.24, 2.45) is 7.05 Å². The predicted octanol–water partition coefficient (Wildman–Crippen LogP) is 1.15. The van der Waals surface area contributed by atoms with Gasteiger partial charge in [-0.2, -0.15) is 5.10 Å². The third-order valence-electron chi connectivity index (χ3n) is 3.30. The fraction of sp³-hybridized carbons (Fsp3) is 0.133. The Morgan fingerprint density at radius 2 is 1.96 bits per heavy atom. The van der Waals surface area contributed by atoms with Gasteiger partial charge in [0, 0.05) is 13.2 Å². The van der Waals surface area contributed by atoms with Crippen molar-refractivity contribution in [1.29, 1.82) is 0 Å². The number of carboxylic acid groups (broad SMARTS) is 1. The van der Waals surface area contributed by atoms with Crippen molar-refractivity contribution >= 4 is 17.8 Å².